The third-order valence-corrected chi connectivity index (χ3v) is 9.17. The van der Waals surface area contributed by atoms with Crippen LogP contribution in [0.4, 0.5) is 11.4 Å². The molecule has 0 aromatic heterocycles. The third kappa shape index (κ3) is 4.45. The molecule has 0 unspecified atom stereocenters. The maximum absolute atomic E-state index is 13.0. The van der Waals surface area contributed by atoms with E-state index in [1.807, 2.05) is 0 Å². The second-order valence-corrected chi connectivity index (χ2v) is 11.3. The first-order valence-corrected chi connectivity index (χ1v) is 13.0. The normalized spacial score (nSPS) is 28.7. The van der Waals surface area contributed by atoms with Crippen LogP contribution in [0.25, 0.3) is 0 Å². The molecule has 1 aromatic rings. The molecule has 3 aliphatic heterocycles. The second-order valence-electron chi connectivity index (χ2n) is 9.34. The minimum atomic E-state index is -3.70. The van der Waals surface area contributed by atoms with E-state index in [4.69, 9.17) is 0 Å². The number of sulfonamides is 1. The molecule has 172 valence electrons. The van der Waals surface area contributed by atoms with Gasteiger partial charge in [-0.3, -0.25) is 15.0 Å². The molecular formula is C22H34N4O4S. The van der Waals surface area contributed by atoms with Crippen molar-refractivity contribution in [3.8, 4) is 0 Å². The molecule has 8 nitrogen and oxygen atoms in total. The Hall–Kier alpha value is -1.71. The maximum atomic E-state index is 13.0. The van der Waals surface area contributed by atoms with E-state index in [0.717, 1.165) is 45.2 Å². The van der Waals surface area contributed by atoms with E-state index >= 15 is 0 Å². The van der Waals surface area contributed by atoms with E-state index in [1.54, 1.807) is 12.1 Å². The molecule has 9 heteroatoms. The van der Waals surface area contributed by atoms with Gasteiger partial charge in [-0.15, -0.1) is 0 Å². The summed E-state index contributed by atoms with van der Waals surface area (Å²) in [7, 11) is -3.70. The summed E-state index contributed by atoms with van der Waals surface area (Å²) >= 11 is 0. The Morgan fingerprint density at radius 2 is 1.65 bits per heavy atom. The molecule has 0 bridgehead atoms. The van der Waals surface area contributed by atoms with Crippen molar-refractivity contribution in [1.82, 2.24) is 9.21 Å². The molecule has 0 aliphatic carbocycles. The summed E-state index contributed by atoms with van der Waals surface area (Å²) in [6, 6.07) is 5.91. The number of nitro groups is 1. The van der Waals surface area contributed by atoms with Crippen LogP contribution >= 0.6 is 0 Å². The highest BCUT2D eigenvalue weighted by Crippen LogP contribution is 2.36. The first kappa shape index (κ1) is 22.5. The van der Waals surface area contributed by atoms with Gasteiger partial charge in [0.25, 0.3) is 5.69 Å². The Bertz CT molecular complexity index is 906. The Kier molecular flexibility index (Phi) is 6.55. The minimum absolute atomic E-state index is 0.0280. The van der Waals surface area contributed by atoms with Gasteiger partial charge in [-0.2, -0.15) is 4.31 Å². The van der Waals surface area contributed by atoms with Crippen LogP contribution in [-0.4, -0.2) is 66.9 Å². The maximum Gasteiger partial charge on any atom is 0.293 e. The van der Waals surface area contributed by atoms with Crippen molar-refractivity contribution in [3.05, 3.63) is 28.3 Å². The molecule has 3 fully saturated rings. The SMILES string of the molecule is C[C@@H]1CC[C@H](C)N1[C@@H]1CCCN(c2ccc(S(=O)(=O)N3CCCCC3)cc2[N+](=O)[O-])C1. The van der Waals surface area contributed by atoms with Crippen molar-refractivity contribution in [2.24, 2.45) is 0 Å². The fraction of sp³-hybridized carbons (Fsp3) is 0.727. The van der Waals surface area contributed by atoms with Gasteiger partial charge in [0.05, 0.1) is 9.82 Å². The summed E-state index contributed by atoms with van der Waals surface area (Å²) in [4.78, 5) is 16.2. The van der Waals surface area contributed by atoms with Crippen LogP contribution in [-0.2, 0) is 10.0 Å². The molecule has 31 heavy (non-hydrogen) atoms. The van der Waals surface area contributed by atoms with Crippen molar-refractivity contribution < 1.29 is 13.3 Å². The Balaban J connectivity index is 1.60. The quantitative estimate of drug-likeness (QED) is 0.503. The van der Waals surface area contributed by atoms with Gasteiger partial charge in [-0.25, -0.2) is 8.42 Å². The third-order valence-electron chi connectivity index (χ3n) is 7.28. The van der Waals surface area contributed by atoms with Crippen LogP contribution in [0.2, 0.25) is 0 Å². The van der Waals surface area contributed by atoms with Crippen LogP contribution in [0.15, 0.2) is 23.1 Å². The lowest BCUT2D eigenvalue weighted by atomic mass is 10.0. The number of likely N-dealkylation sites (tertiary alicyclic amines) is 1. The zero-order chi connectivity index (χ0) is 22.2. The number of rotatable bonds is 5. The van der Waals surface area contributed by atoms with Crippen LogP contribution < -0.4 is 4.90 Å². The predicted octanol–water partition coefficient (Wildman–Crippen LogP) is 3.61. The van der Waals surface area contributed by atoms with Gasteiger partial charge in [0.15, 0.2) is 0 Å². The highest BCUT2D eigenvalue weighted by Gasteiger charge is 2.37. The van der Waals surface area contributed by atoms with E-state index in [0.29, 0.717) is 36.9 Å². The molecule has 1 aromatic carbocycles. The van der Waals surface area contributed by atoms with E-state index in [2.05, 4.69) is 23.6 Å². The topological polar surface area (TPSA) is 87.0 Å². The van der Waals surface area contributed by atoms with Gasteiger partial charge in [0.2, 0.25) is 10.0 Å². The van der Waals surface area contributed by atoms with E-state index in [9.17, 15) is 18.5 Å². The van der Waals surface area contributed by atoms with Crippen molar-refractivity contribution in [1.29, 1.82) is 0 Å². The zero-order valence-corrected chi connectivity index (χ0v) is 19.4. The summed E-state index contributed by atoms with van der Waals surface area (Å²) in [6.07, 6.45) is 7.16. The number of nitrogens with zero attached hydrogens (tertiary/aromatic N) is 4. The summed E-state index contributed by atoms with van der Waals surface area (Å²) in [5.74, 6) is 0. The largest absolute Gasteiger partial charge is 0.364 e. The number of hydrogen-bond acceptors (Lipinski definition) is 6. The number of nitro benzene ring substituents is 1. The molecule has 3 saturated heterocycles. The molecule has 3 heterocycles. The molecule has 0 amide bonds. The summed E-state index contributed by atoms with van der Waals surface area (Å²) in [5.41, 5.74) is 0.424. The van der Waals surface area contributed by atoms with E-state index in [-0.39, 0.29) is 10.6 Å². The van der Waals surface area contributed by atoms with Gasteiger partial charge in [0, 0.05) is 50.4 Å². The lowest BCUT2D eigenvalue weighted by Crippen LogP contribution is -2.51. The second kappa shape index (κ2) is 9.03. The Morgan fingerprint density at radius 1 is 0.968 bits per heavy atom. The number of anilines is 1. The highest BCUT2D eigenvalue weighted by atomic mass is 32.2. The van der Waals surface area contributed by atoms with Crippen molar-refractivity contribution in [3.63, 3.8) is 0 Å². The number of benzene rings is 1. The van der Waals surface area contributed by atoms with Gasteiger partial charge in [-0.1, -0.05) is 6.42 Å². The van der Waals surface area contributed by atoms with Gasteiger partial charge >= 0.3 is 0 Å². The van der Waals surface area contributed by atoms with Crippen LogP contribution in [0.1, 0.15) is 58.8 Å². The monoisotopic (exact) mass is 450 g/mol. The Labute approximate surface area is 185 Å². The molecule has 4 rings (SSSR count). The van der Waals surface area contributed by atoms with Crippen molar-refractivity contribution >= 4 is 21.4 Å². The summed E-state index contributed by atoms with van der Waals surface area (Å²) in [5, 5.41) is 11.9. The predicted molar refractivity (Wildman–Crippen MR) is 121 cm³/mol. The van der Waals surface area contributed by atoms with Crippen LogP contribution in [0.3, 0.4) is 0 Å². The van der Waals surface area contributed by atoms with Gasteiger partial charge in [0.1, 0.15) is 5.69 Å². The van der Waals surface area contributed by atoms with Gasteiger partial charge in [-0.05, 0) is 64.5 Å². The highest BCUT2D eigenvalue weighted by molar-refractivity contribution is 7.89. The first-order chi connectivity index (χ1) is 14.8. The lowest BCUT2D eigenvalue weighted by molar-refractivity contribution is -0.384. The fourth-order valence-corrected chi connectivity index (χ4v) is 7.22. The van der Waals surface area contributed by atoms with Gasteiger partial charge < -0.3 is 4.90 Å². The number of hydrogen-bond donors (Lipinski definition) is 0. The summed E-state index contributed by atoms with van der Waals surface area (Å²) in [6.45, 7) is 7.01. The average molecular weight is 451 g/mol. The lowest BCUT2D eigenvalue weighted by Gasteiger charge is -2.42. The molecule has 0 saturated carbocycles. The average Bonchev–Trinajstić information content (AvgIpc) is 3.12. The molecule has 3 atom stereocenters. The standard InChI is InChI=1S/C22H34N4O4S/c1-17-8-9-18(2)25(17)19-7-6-12-23(16-19)21-11-10-20(15-22(21)26(27)28)31(29,30)24-13-4-3-5-14-24/h10-11,15,17-19H,3-9,12-14,16H2,1-2H3/t17-,18+,19-/m1/s1. The van der Waals surface area contributed by atoms with E-state index < -0.39 is 14.9 Å². The van der Waals surface area contributed by atoms with Crippen molar-refractivity contribution in [2.45, 2.75) is 81.8 Å². The first-order valence-electron chi connectivity index (χ1n) is 11.6. The molecule has 0 spiro atoms. The van der Waals surface area contributed by atoms with Crippen LogP contribution in [0.5, 0.6) is 0 Å². The molecule has 3 aliphatic rings. The fourth-order valence-electron chi connectivity index (χ4n) is 5.68. The minimum Gasteiger partial charge on any atom is -0.364 e. The molecule has 0 radical (unpaired) electrons. The summed E-state index contributed by atoms with van der Waals surface area (Å²) < 4.78 is 27.5. The van der Waals surface area contributed by atoms with E-state index in [1.165, 1.54) is 23.2 Å². The molecule has 0 N–H and O–H groups in total. The smallest absolute Gasteiger partial charge is 0.293 e. The molecular weight excluding hydrogens is 416 g/mol. The van der Waals surface area contributed by atoms with Crippen LogP contribution in [0, 0.1) is 10.1 Å². The number of piperidine rings is 2. The van der Waals surface area contributed by atoms with Crippen molar-refractivity contribution in [2.75, 3.05) is 31.1 Å². The Morgan fingerprint density at radius 3 is 2.29 bits per heavy atom. The zero-order valence-electron chi connectivity index (χ0n) is 18.6.